The minimum atomic E-state index is 0.573. The van der Waals surface area contributed by atoms with Crippen molar-refractivity contribution in [2.75, 3.05) is 18.0 Å². The van der Waals surface area contributed by atoms with E-state index in [1.165, 1.54) is 10.3 Å². The van der Waals surface area contributed by atoms with E-state index in [1.807, 2.05) is 36.5 Å². The lowest BCUT2D eigenvalue weighted by Gasteiger charge is -2.24. The van der Waals surface area contributed by atoms with Crippen molar-refractivity contribution >= 4 is 33.0 Å². The largest absolute Gasteiger partial charge is 0.403 e. The highest BCUT2D eigenvalue weighted by Gasteiger charge is 2.20. The van der Waals surface area contributed by atoms with Crippen LogP contribution in [-0.2, 0) is 0 Å². The smallest absolute Gasteiger partial charge is 0.318 e. The van der Waals surface area contributed by atoms with E-state index in [1.54, 1.807) is 11.3 Å². The van der Waals surface area contributed by atoms with Gasteiger partial charge < -0.3 is 9.32 Å². The monoisotopic (exact) mass is 360 g/mol. The molecule has 4 heterocycles. The molecule has 0 unspecified atom stereocenters. The summed E-state index contributed by atoms with van der Waals surface area (Å²) in [5.41, 5.74) is 3.30. The fourth-order valence-corrected chi connectivity index (χ4v) is 4.07. The number of thiophene rings is 1. The Morgan fingerprint density at radius 3 is 2.88 bits per heavy atom. The molecule has 0 atom stereocenters. The van der Waals surface area contributed by atoms with Gasteiger partial charge in [0, 0.05) is 34.9 Å². The minimum absolute atomic E-state index is 0.573. The Morgan fingerprint density at radius 2 is 2.04 bits per heavy atom. The second-order valence-electron chi connectivity index (χ2n) is 6.17. The molecule has 0 saturated heterocycles. The van der Waals surface area contributed by atoms with Crippen LogP contribution < -0.4 is 4.90 Å². The molecule has 5 rings (SSSR count). The van der Waals surface area contributed by atoms with E-state index in [0.29, 0.717) is 11.9 Å². The lowest BCUT2D eigenvalue weighted by molar-refractivity contribution is 0.549. The molecular weight excluding hydrogens is 344 g/mol. The molecule has 6 heteroatoms. The molecule has 0 spiro atoms. The molecule has 0 aliphatic carbocycles. The summed E-state index contributed by atoms with van der Waals surface area (Å²) in [6.45, 7) is 1.59. The molecule has 1 aromatic carbocycles. The van der Waals surface area contributed by atoms with Crippen LogP contribution in [0.3, 0.4) is 0 Å². The predicted octanol–water partition coefficient (Wildman–Crippen LogP) is 4.64. The Balaban J connectivity index is 1.40. The quantitative estimate of drug-likeness (QED) is 0.533. The van der Waals surface area contributed by atoms with Crippen LogP contribution in [0.2, 0.25) is 0 Å². The molecule has 4 aromatic rings. The SMILES string of the molecule is C1=C(c2ccccn2)CCN(c2nnc(-c3cccc4sccc34)o2)C1. The number of hydrogen-bond acceptors (Lipinski definition) is 6. The first kappa shape index (κ1) is 15.3. The summed E-state index contributed by atoms with van der Waals surface area (Å²) in [5.74, 6) is 0.573. The van der Waals surface area contributed by atoms with E-state index in [9.17, 15) is 0 Å². The maximum Gasteiger partial charge on any atom is 0.318 e. The van der Waals surface area contributed by atoms with Crippen molar-refractivity contribution in [1.82, 2.24) is 15.2 Å². The molecule has 3 aromatic heterocycles. The number of rotatable bonds is 3. The van der Waals surface area contributed by atoms with Gasteiger partial charge in [0.2, 0.25) is 5.89 Å². The van der Waals surface area contributed by atoms with Crippen molar-refractivity contribution < 1.29 is 4.42 Å². The Bertz CT molecular complexity index is 1080. The molecule has 0 fully saturated rings. The van der Waals surface area contributed by atoms with Crippen molar-refractivity contribution in [3.8, 4) is 11.5 Å². The molecule has 0 amide bonds. The summed E-state index contributed by atoms with van der Waals surface area (Å²) in [6.07, 6.45) is 4.93. The highest BCUT2D eigenvalue weighted by Crippen LogP contribution is 2.32. The second kappa shape index (κ2) is 6.38. The van der Waals surface area contributed by atoms with Crippen LogP contribution in [0.1, 0.15) is 12.1 Å². The highest BCUT2D eigenvalue weighted by atomic mass is 32.1. The first-order chi connectivity index (χ1) is 12.9. The van der Waals surface area contributed by atoms with E-state index in [0.717, 1.165) is 36.2 Å². The summed E-state index contributed by atoms with van der Waals surface area (Å²) in [6, 6.07) is 14.8. The molecule has 0 saturated carbocycles. The van der Waals surface area contributed by atoms with Crippen LogP contribution in [0.4, 0.5) is 6.01 Å². The standard InChI is InChI=1S/C20H16N4OS/c1-2-10-21-17(5-1)14-7-11-24(12-8-14)20-23-22-19(25-20)16-4-3-6-18-15(16)9-13-26-18/h1-7,9-10,13H,8,11-12H2. The lowest BCUT2D eigenvalue weighted by atomic mass is 10.0. The van der Waals surface area contributed by atoms with Gasteiger partial charge in [0.05, 0.1) is 5.69 Å². The Kier molecular flexibility index (Phi) is 3.75. The van der Waals surface area contributed by atoms with Gasteiger partial charge in [0.1, 0.15) is 0 Å². The summed E-state index contributed by atoms with van der Waals surface area (Å²) >= 11 is 1.72. The molecule has 5 nitrogen and oxygen atoms in total. The van der Waals surface area contributed by atoms with Gasteiger partial charge in [-0.1, -0.05) is 23.3 Å². The van der Waals surface area contributed by atoms with Crippen molar-refractivity contribution in [2.24, 2.45) is 0 Å². The molecule has 0 N–H and O–H groups in total. The fraction of sp³-hybridized carbons (Fsp3) is 0.150. The molecule has 0 bridgehead atoms. The van der Waals surface area contributed by atoms with Crippen LogP contribution in [0.25, 0.3) is 27.1 Å². The average Bonchev–Trinajstić information content (AvgIpc) is 3.38. The Labute approximate surface area is 154 Å². The van der Waals surface area contributed by atoms with Crippen LogP contribution in [0, 0.1) is 0 Å². The number of nitrogens with zero attached hydrogens (tertiary/aromatic N) is 4. The predicted molar refractivity (Wildman–Crippen MR) is 104 cm³/mol. The molecule has 1 aliphatic rings. The van der Waals surface area contributed by atoms with Gasteiger partial charge in [-0.2, -0.15) is 0 Å². The van der Waals surface area contributed by atoms with E-state index in [2.05, 4.69) is 43.7 Å². The van der Waals surface area contributed by atoms with Crippen molar-refractivity contribution in [2.45, 2.75) is 6.42 Å². The topological polar surface area (TPSA) is 55.1 Å². The van der Waals surface area contributed by atoms with E-state index < -0.39 is 0 Å². The third-order valence-corrected chi connectivity index (χ3v) is 5.50. The van der Waals surface area contributed by atoms with Crippen LogP contribution >= 0.6 is 11.3 Å². The molecule has 128 valence electrons. The number of anilines is 1. The normalized spacial score (nSPS) is 14.6. The van der Waals surface area contributed by atoms with Gasteiger partial charge in [-0.3, -0.25) is 4.98 Å². The molecule has 1 aliphatic heterocycles. The van der Waals surface area contributed by atoms with Crippen molar-refractivity contribution in [1.29, 1.82) is 0 Å². The number of hydrogen-bond donors (Lipinski definition) is 0. The van der Waals surface area contributed by atoms with Crippen LogP contribution in [-0.4, -0.2) is 28.3 Å². The maximum atomic E-state index is 5.99. The van der Waals surface area contributed by atoms with E-state index in [-0.39, 0.29) is 0 Å². The summed E-state index contributed by atoms with van der Waals surface area (Å²) in [4.78, 5) is 6.54. The number of pyridine rings is 1. The lowest BCUT2D eigenvalue weighted by Crippen LogP contribution is -2.28. The van der Waals surface area contributed by atoms with Crippen molar-refractivity contribution in [3.05, 3.63) is 65.8 Å². The van der Waals surface area contributed by atoms with E-state index in [4.69, 9.17) is 4.42 Å². The van der Waals surface area contributed by atoms with Crippen LogP contribution in [0.15, 0.2) is 64.5 Å². The van der Waals surface area contributed by atoms with Gasteiger partial charge >= 0.3 is 6.01 Å². The number of fused-ring (bicyclic) bond motifs is 1. The van der Waals surface area contributed by atoms with Crippen molar-refractivity contribution in [3.63, 3.8) is 0 Å². The zero-order valence-corrected chi connectivity index (χ0v) is 14.8. The zero-order chi connectivity index (χ0) is 17.3. The number of aromatic nitrogens is 3. The molecular formula is C20H16N4OS. The summed E-state index contributed by atoms with van der Waals surface area (Å²) < 4.78 is 7.22. The third-order valence-electron chi connectivity index (χ3n) is 4.61. The Hall–Kier alpha value is -2.99. The van der Waals surface area contributed by atoms with Gasteiger partial charge in [0.25, 0.3) is 0 Å². The summed E-state index contributed by atoms with van der Waals surface area (Å²) in [5, 5.41) is 11.8. The highest BCUT2D eigenvalue weighted by molar-refractivity contribution is 7.17. The third kappa shape index (κ3) is 2.68. The second-order valence-corrected chi connectivity index (χ2v) is 7.12. The molecule has 0 radical (unpaired) electrons. The number of benzene rings is 1. The fourth-order valence-electron chi connectivity index (χ4n) is 3.26. The van der Waals surface area contributed by atoms with E-state index >= 15 is 0 Å². The summed E-state index contributed by atoms with van der Waals surface area (Å²) in [7, 11) is 0. The van der Waals surface area contributed by atoms with Gasteiger partial charge in [-0.15, -0.1) is 16.4 Å². The zero-order valence-electron chi connectivity index (χ0n) is 14.0. The Morgan fingerprint density at radius 1 is 1.04 bits per heavy atom. The van der Waals surface area contributed by atoms with Gasteiger partial charge in [0.15, 0.2) is 0 Å². The van der Waals surface area contributed by atoms with Gasteiger partial charge in [-0.25, -0.2) is 0 Å². The first-order valence-corrected chi connectivity index (χ1v) is 9.42. The van der Waals surface area contributed by atoms with Crippen LogP contribution in [0.5, 0.6) is 0 Å². The minimum Gasteiger partial charge on any atom is -0.403 e. The maximum absolute atomic E-state index is 5.99. The van der Waals surface area contributed by atoms with Gasteiger partial charge in [-0.05, 0) is 47.7 Å². The molecule has 26 heavy (non-hydrogen) atoms. The average molecular weight is 360 g/mol. The first-order valence-electron chi connectivity index (χ1n) is 8.54.